The lowest BCUT2D eigenvalue weighted by Crippen LogP contribution is -2.40. The quantitative estimate of drug-likeness (QED) is 0.468. The van der Waals surface area contributed by atoms with Gasteiger partial charge in [-0.1, -0.05) is 0 Å². The Morgan fingerprint density at radius 1 is 0.935 bits per heavy atom. The lowest BCUT2D eigenvalue weighted by molar-refractivity contribution is 0.194. The van der Waals surface area contributed by atoms with E-state index < -0.39 is 0 Å². The van der Waals surface area contributed by atoms with Crippen molar-refractivity contribution in [3.63, 3.8) is 0 Å². The molecule has 0 spiro atoms. The fourth-order valence-electron chi connectivity index (χ4n) is 3.61. The molecule has 31 heavy (non-hydrogen) atoms. The number of anilines is 1. The van der Waals surface area contributed by atoms with Crippen molar-refractivity contribution in [2.24, 2.45) is 0 Å². The van der Waals surface area contributed by atoms with Gasteiger partial charge in [0.1, 0.15) is 0 Å². The summed E-state index contributed by atoms with van der Waals surface area (Å²) in [5.74, 6) is 0.390. The fourth-order valence-corrected chi connectivity index (χ4v) is 5.32. The Labute approximate surface area is 187 Å². The van der Waals surface area contributed by atoms with Gasteiger partial charge in [0.25, 0.3) is 0 Å². The molecule has 5 heterocycles. The Morgan fingerprint density at radius 3 is 2.48 bits per heavy atom. The number of piperidine rings is 1. The zero-order valence-corrected chi connectivity index (χ0v) is 18.3. The largest absolute Gasteiger partial charge is 0.324 e. The van der Waals surface area contributed by atoms with Gasteiger partial charge < -0.3 is 4.90 Å². The highest BCUT2D eigenvalue weighted by atomic mass is 32.1. The molecule has 0 bridgehead atoms. The predicted molar refractivity (Wildman–Crippen MR) is 123 cm³/mol. The fraction of sp³-hybridized carbons (Fsp3) is 0.227. The minimum Gasteiger partial charge on any atom is -0.324 e. The van der Waals surface area contributed by atoms with E-state index in [4.69, 9.17) is 4.98 Å². The van der Waals surface area contributed by atoms with E-state index in [9.17, 15) is 4.79 Å². The van der Waals surface area contributed by atoms with Gasteiger partial charge in [-0.3, -0.25) is 15.3 Å². The van der Waals surface area contributed by atoms with Crippen LogP contribution < -0.4 is 5.32 Å². The Bertz CT molecular complexity index is 1150. The van der Waals surface area contributed by atoms with Crippen LogP contribution >= 0.6 is 22.7 Å². The number of carbonyl (C=O) groups is 1. The van der Waals surface area contributed by atoms with Crippen LogP contribution in [0.3, 0.4) is 0 Å². The topological polar surface area (TPSA) is 83.9 Å². The number of nitrogens with zero attached hydrogens (tertiary/aromatic N) is 5. The first-order valence-electron chi connectivity index (χ1n) is 10.0. The van der Waals surface area contributed by atoms with Crippen molar-refractivity contribution >= 4 is 33.8 Å². The van der Waals surface area contributed by atoms with Crippen molar-refractivity contribution in [2.75, 3.05) is 18.4 Å². The maximum atomic E-state index is 12.7. The summed E-state index contributed by atoms with van der Waals surface area (Å²) in [6.45, 7) is 1.42. The van der Waals surface area contributed by atoms with Crippen LogP contribution in [-0.4, -0.2) is 44.0 Å². The first-order chi connectivity index (χ1) is 15.3. The number of urea groups is 1. The van der Waals surface area contributed by atoms with Crippen LogP contribution in [0.2, 0.25) is 0 Å². The first-order valence-corrected chi connectivity index (χ1v) is 11.8. The molecule has 9 heteroatoms. The highest BCUT2D eigenvalue weighted by Gasteiger charge is 2.26. The molecule has 4 aromatic rings. The van der Waals surface area contributed by atoms with Crippen LogP contribution in [0.5, 0.6) is 0 Å². The van der Waals surface area contributed by atoms with Gasteiger partial charge in [0.05, 0.1) is 16.4 Å². The number of carbonyl (C=O) groups excluding carboxylic acids is 1. The molecule has 156 valence electrons. The van der Waals surface area contributed by atoms with Crippen molar-refractivity contribution in [3.8, 4) is 22.5 Å². The van der Waals surface area contributed by atoms with Crippen molar-refractivity contribution in [1.82, 2.24) is 24.8 Å². The monoisotopic (exact) mass is 448 g/mol. The summed E-state index contributed by atoms with van der Waals surface area (Å²) in [5, 5.41) is 8.72. The van der Waals surface area contributed by atoms with E-state index in [1.807, 2.05) is 34.5 Å². The standard InChI is InChI=1S/C22H20N6OS2/c29-22(27-21-26-19(14-31-21)17-2-1-7-24-12-17)28-10-5-16(6-11-28)20-25-18(13-30-20)15-3-8-23-9-4-15/h1-4,7-9,12-14,16H,5-6,10-11H2,(H,26,27,29). The van der Waals surface area contributed by atoms with E-state index in [0.717, 1.165) is 40.4 Å². The minimum atomic E-state index is -0.0952. The Morgan fingerprint density at radius 2 is 1.71 bits per heavy atom. The Kier molecular flexibility index (Phi) is 5.68. The molecular weight excluding hydrogens is 428 g/mol. The molecule has 1 saturated heterocycles. The lowest BCUT2D eigenvalue weighted by Gasteiger charge is -2.30. The SMILES string of the molecule is O=C(Nc1nc(-c2cccnc2)cs1)N1CCC(c2nc(-c3ccncc3)cs2)CC1. The lowest BCUT2D eigenvalue weighted by atomic mass is 9.98. The maximum Gasteiger partial charge on any atom is 0.323 e. The van der Waals surface area contributed by atoms with E-state index in [1.165, 1.54) is 11.3 Å². The van der Waals surface area contributed by atoms with Crippen LogP contribution in [0.15, 0.2) is 59.8 Å². The number of nitrogens with one attached hydrogen (secondary N) is 1. The van der Waals surface area contributed by atoms with Crippen LogP contribution in [0.25, 0.3) is 22.5 Å². The number of pyridine rings is 2. The van der Waals surface area contributed by atoms with Crippen molar-refractivity contribution in [3.05, 3.63) is 64.8 Å². The van der Waals surface area contributed by atoms with Crippen molar-refractivity contribution in [2.45, 2.75) is 18.8 Å². The van der Waals surface area contributed by atoms with E-state index in [-0.39, 0.29) is 6.03 Å². The second kappa shape index (κ2) is 8.91. The van der Waals surface area contributed by atoms with Gasteiger partial charge in [0, 0.05) is 65.7 Å². The summed E-state index contributed by atoms with van der Waals surface area (Å²) in [4.78, 5) is 32.1. The van der Waals surface area contributed by atoms with E-state index >= 15 is 0 Å². The van der Waals surface area contributed by atoms with E-state index in [1.54, 1.807) is 36.1 Å². The Balaban J connectivity index is 1.17. The molecule has 0 saturated carbocycles. The summed E-state index contributed by atoms with van der Waals surface area (Å²) in [5.41, 5.74) is 3.84. The highest BCUT2D eigenvalue weighted by Crippen LogP contribution is 2.33. The van der Waals surface area contributed by atoms with Gasteiger partial charge in [-0.05, 0) is 37.1 Å². The third-order valence-corrected chi connectivity index (χ3v) is 7.07. The summed E-state index contributed by atoms with van der Waals surface area (Å²) >= 11 is 3.12. The normalized spacial score (nSPS) is 14.5. The smallest absolute Gasteiger partial charge is 0.323 e. The average Bonchev–Trinajstić information content (AvgIpc) is 3.51. The second-order valence-electron chi connectivity index (χ2n) is 7.28. The third-order valence-electron chi connectivity index (χ3n) is 5.30. The number of hydrogen-bond acceptors (Lipinski definition) is 7. The van der Waals surface area contributed by atoms with Gasteiger partial charge in [-0.2, -0.15) is 0 Å². The molecule has 1 aliphatic rings. The zero-order chi connectivity index (χ0) is 21.0. The third kappa shape index (κ3) is 4.47. The molecule has 7 nitrogen and oxygen atoms in total. The molecule has 0 radical (unpaired) electrons. The molecule has 0 aliphatic carbocycles. The van der Waals surface area contributed by atoms with Crippen molar-refractivity contribution < 1.29 is 4.79 Å². The van der Waals surface area contributed by atoms with E-state index in [2.05, 4.69) is 25.6 Å². The molecule has 0 aromatic carbocycles. The highest BCUT2D eigenvalue weighted by molar-refractivity contribution is 7.14. The van der Waals surface area contributed by atoms with Gasteiger partial charge in [-0.25, -0.2) is 14.8 Å². The van der Waals surface area contributed by atoms with Gasteiger partial charge in [0.15, 0.2) is 5.13 Å². The predicted octanol–water partition coefficient (Wildman–Crippen LogP) is 5.14. The molecular formula is C22H20N6OS2. The summed E-state index contributed by atoms with van der Waals surface area (Å²) in [6.07, 6.45) is 8.89. The molecule has 5 rings (SSSR count). The molecule has 0 atom stereocenters. The molecule has 1 N–H and O–H groups in total. The number of hydrogen-bond donors (Lipinski definition) is 1. The van der Waals surface area contributed by atoms with E-state index in [0.29, 0.717) is 24.1 Å². The minimum absolute atomic E-state index is 0.0952. The Hall–Kier alpha value is -3.17. The first kappa shape index (κ1) is 19.8. The van der Waals surface area contributed by atoms with Gasteiger partial charge in [0.2, 0.25) is 0 Å². The zero-order valence-electron chi connectivity index (χ0n) is 16.6. The molecule has 2 amide bonds. The maximum absolute atomic E-state index is 12.7. The number of aromatic nitrogens is 4. The number of amides is 2. The van der Waals surface area contributed by atoms with Crippen LogP contribution in [-0.2, 0) is 0 Å². The molecule has 1 fully saturated rings. The number of thiazole rings is 2. The summed E-state index contributed by atoms with van der Waals surface area (Å²) < 4.78 is 0. The average molecular weight is 449 g/mol. The van der Waals surface area contributed by atoms with Gasteiger partial charge in [-0.15, -0.1) is 22.7 Å². The molecule has 1 aliphatic heterocycles. The number of likely N-dealkylation sites (tertiary alicyclic amines) is 1. The summed E-state index contributed by atoms with van der Waals surface area (Å²) in [6, 6.07) is 7.69. The second-order valence-corrected chi connectivity index (χ2v) is 9.03. The van der Waals surface area contributed by atoms with Crippen molar-refractivity contribution in [1.29, 1.82) is 0 Å². The molecule has 0 unspecified atom stereocenters. The number of rotatable bonds is 4. The van der Waals surface area contributed by atoms with Crippen LogP contribution in [0.4, 0.5) is 9.93 Å². The molecule has 4 aromatic heterocycles. The van der Waals surface area contributed by atoms with Gasteiger partial charge >= 0.3 is 6.03 Å². The van der Waals surface area contributed by atoms with Crippen LogP contribution in [0, 0.1) is 0 Å². The van der Waals surface area contributed by atoms with Crippen LogP contribution in [0.1, 0.15) is 23.8 Å². The summed E-state index contributed by atoms with van der Waals surface area (Å²) in [7, 11) is 0.